The summed E-state index contributed by atoms with van der Waals surface area (Å²) in [5.74, 6) is -0.437. The predicted octanol–water partition coefficient (Wildman–Crippen LogP) is 5.77. The van der Waals surface area contributed by atoms with E-state index in [4.69, 9.17) is 16.3 Å². The van der Waals surface area contributed by atoms with Gasteiger partial charge in [0.25, 0.3) is 5.91 Å². The van der Waals surface area contributed by atoms with Gasteiger partial charge in [-0.25, -0.2) is 14.3 Å². The van der Waals surface area contributed by atoms with E-state index in [1.165, 1.54) is 4.52 Å². The van der Waals surface area contributed by atoms with Crippen molar-refractivity contribution in [2.45, 2.75) is 39.3 Å². The third-order valence-electron chi connectivity index (χ3n) is 6.01. The summed E-state index contributed by atoms with van der Waals surface area (Å²) in [6.45, 7) is 7.12. The Labute approximate surface area is 229 Å². The molecule has 0 spiro atoms. The molecule has 39 heavy (non-hydrogen) atoms. The number of aryl methyl sites for hydroxylation is 1. The van der Waals surface area contributed by atoms with Crippen LogP contribution < -0.4 is 10.6 Å². The number of hydrogen-bond donors (Lipinski definition) is 2. The molecule has 3 heterocycles. The highest BCUT2D eigenvalue weighted by Gasteiger charge is 2.27. The summed E-state index contributed by atoms with van der Waals surface area (Å²) in [5.41, 5.74) is 3.01. The minimum absolute atomic E-state index is 0.0362. The minimum atomic E-state index is -0.730. The number of hydrogen-bond acceptors (Lipinski definition) is 6. The summed E-state index contributed by atoms with van der Waals surface area (Å²) in [6, 6.07) is 12.9. The largest absolute Gasteiger partial charge is 0.444 e. The highest BCUT2D eigenvalue weighted by atomic mass is 35.5. The summed E-state index contributed by atoms with van der Waals surface area (Å²) in [6.07, 6.45) is 4.34. The molecule has 0 radical (unpaired) electrons. The molecule has 0 fully saturated rings. The summed E-state index contributed by atoms with van der Waals surface area (Å²) >= 11 is 6.68. The van der Waals surface area contributed by atoms with Crippen LogP contribution in [0.3, 0.4) is 0 Å². The average Bonchev–Trinajstić information content (AvgIpc) is 3.43. The van der Waals surface area contributed by atoms with Gasteiger partial charge in [-0.15, -0.1) is 5.10 Å². The predicted molar refractivity (Wildman–Crippen MR) is 150 cm³/mol. The first kappa shape index (κ1) is 26.2. The quantitative estimate of drug-likeness (QED) is 0.289. The number of fused-ring (bicyclic) bond motifs is 2. The van der Waals surface area contributed by atoms with Gasteiger partial charge in [0, 0.05) is 36.6 Å². The van der Waals surface area contributed by atoms with Gasteiger partial charge in [-0.2, -0.15) is 5.10 Å². The second kappa shape index (κ2) is 10.0. The molecule has 0 aliphatic carbocycles. The second-order valence-corrected chi connectivity index (χ2v) is 10.6. The maximum absolute atomic E-state index is 13.7. The Hall–Kier alpha value is -4.44. The van der Waals surface area contributed by atoms with Gasteiger partial charge >= 0.3 is 6.09 Å². The Balaban J connectivity index is 1.55. The maximum Gasteiger partial charge on any atom is 0.413 e. The van der Waals surface area contributed by atoms with Crippen molar-refractivity contribution in [2.75, 3.05) is 5.32 Å². The van der Waals surface area contributed by atoms with Gasteiger partial charge in [0.15, 0.2) is 11.5 Å². The smallest absolute Gasteiger partial charge is 0.413 e. The van der Waals surface area contributed by atoms with Crippen molar-refractivity contribution in [3.8, 4) is 11.1 Å². The molecule has 0 saturated heterocycles. The summed E-state index contributed by atoms with van der Waals surface area (Å²) in [7, 11) is 1.84. The molecule has 200 valence electrons. The fourth-order valence-corrected chi connectivity index (χ4v) is 4.71. The number of anilines is 1. The molecular weight excluding hydrogens is 518 g/mol. The molecule has 0 aliphatic rings. The highest BCUT2D eigenvalue weighted by Crippen LogP contribution is 2.38. The zero-order chi connectivity index (χ0) is 27.9. The number of ether oxygens (including phenoxy) is 1. The Bertz CT molecular complexity index is 1700. The zero-order valence-electron chi connectivity index (χ0n) is 22.2. The van der Waals surface area contributed by atoms with E-state index in [9.17, 15) is 9.59 Å². The van der Waals surface area contributed by atoms with Crippen LogP contribution in [0, 0.1) is 0 Å². The molecule has 5 rings (SSSR count). The Morgan fingerprint density at radius 2 is 1.85 bits per heavy atom. The van der Waals surface area contributed by atoms with Crippen molar-refractivity contribution in [1.82, 2.24) is 29.7 Å². The molecule has 1 atom stereocenters. The van der Waals surface area contributed by atoms with E-state index in [0.29, 0.717) is 5.02 Å². The molecule has 2 N–H and O–H groups in total. The fourth-order valence-electron chi connectivity index (χ4n) is 4.45. The molecule has 0 saturated carbocycles. The van der Waals surface area contributed by atoms with E-state index in [2.05, 4.69) is 25.8 Å². The lowest BCUT2D eigenvalue weighted by atomic mass is 9.93. The summed E-state index contributed by atoms with van der Waals surface area (Å²) < 4.78 is 8.52. The van der Waals surface area contributed by atoms with Crippen LogP contribution >= 0.6 is 11.6 Å². The van der Waals surface area contributed by atoms with Crippen molar-refractivity contribution < 1.29 is 14.3 Å². The first-order chi connectivity index (χ1) is 18.5. The lowest BCUT2D eigenvalue weighted by molar-refractivity contribution is 0.0635. The van der Waals surface area contributed by atoms with Crippen LogP contribution in [0.2, 0.25) is 5.02 Å². The zero-order valence-corrected chi connectivity index (χ0v) is 22.9. The van der Waals surface area contributed by atoms with E-state index in [1.54, 1.807) is 43.9 Å². The van der Waals surface area contributed by atoms with Gasteiger partial charge in [0.1, 0.15) is 16.7 Å². The van der Waals surface area contributed by atoms with E-state index in [0.717, 1.165) is 27.6 Å². The van der Waals surface area contributed by atoms with Crippen molar-refractivity contribution in [3.05, 3.63) is 77.2 Å². The summed E-state index contributed by atoms with van der Waals surface area (Å²) in [5, 5.41) is 16.0. The fraction of sp³-hybridized carbons (Fsp3) is 0.250. The molecule has 2 amide bonds. The normalized spacial score (nSPS) is 12.5. The van der Waals surface area contributed by atoms with Crippen LogP contribution in [0.5, 0.6) is 0 Å². The minimum Gasteiger partial charge on any atom is -0.444 e. The molecule has 2 aromatic carbocycles. The number of halogens is 1. The van der Waals surface area contributed by atoms with Crippen LogP contribution in [0.15, 0.2) is 61.1 Å². The number of amides is 2. The number of nitrogens with zero attached hydrogens (tertiary/aromatic N) is 5. The van der Waals surface area contributed by atoms with Crippen LogP contribution in [-0.4, -0.2) is 42.0 Å². The third-order valence-corrected chi connectivity index (χ3v) is 6.32. The van der Waals surface area contributed by atoms with Crippen molar-refractivity contribution in [2.24, 2.45) is 7.05 Å². The van der Waals surface area contributed by atoms with Crippen LogP contribution in [0.1, 0.15) is 49.7 Å². The topological polar surface area (TPSA) is 115 Å². The summed E-state index contributed by atoms with van der Waals surface area (Å²) in [4.78, 5) is 30.6. The standard InChI is InChI=1S/C28H28ClN7O3/c1-16(18-14-20(29)19-15-35(5)33-23(19)21(18)17-10-7-6-8-11-17)31-26(37)22-24(32-27(38)39-28(2,3)4)34-36-13-9-12-30-25(22)36/h6-16H,1-5H3,(H,31,37)(H,32,34,38). The van der Waals surface area contributed by atoms with Gasteiger partial charge in [-0.05, 0) is 51.0 Å². The molecule has 3 aromatic heterocycles. The number of nitrogens with one attached hydrogen (secondary N) is 2. The molecule has 10 nitrogen and oxygen atoms in total. The molecule has 11 heteroatoms. The maximum atomic E-state index is 13.7. The number of carbonyl (C=O) groups is 2. The Morgan fingerprint density at radius 3 is 2.56 bits per heavy atom. The highest BCUT2D eigenvalue weighted by molar-refractivity contribution is 6.36. The number of carbonyl (C=O) groups excluding carboxylic acids is 2. The van der Waals surface area contributed by atoms with Crippen LogP contribution in [0.25, 0.3) is 27.7 Å². The van der Waals surface area contributed by atoms with Crippen molar-refractivity contribution in [1.29, 1.82) is 0 Å². The molecule has 0 bridgehead atoms. The van der Waals surface area contributed by atoms with E-state index in [-0.39, 0.29) is 17.0 Å². The second-order valence-electron chi connectivity index (χ2n) is 10.2. The number of benzene rings is 2. The monoisotopic (exact) mass is 545 g/mol. The average molecular weight is 546 g/mol. The first-order valence-corrected chi connectivity index (χ1v) is 12.7. The van der Waals surface area contributed by atoms with Gasteiger partial charge < -0.3 is 10.1 Å². The Kier molecular flexibility index (Phi) is 6.73. The van der Waals surface area contributed by atoms with E-state index >= 15 is 0 Å². The third kappa shape index (κ3) is 5.28. The lowest BCUT2D eigenvalue weighted by Crippen LogP contribution is -2.30. The van der Waals surface area contributed by atoms with Crippen molar-refractivity contribution >= 4 is 46.0 Å². The molecule has 5 aromatic rings. The molecule has 1 unspecified atom stereocenters. The van der Waals surface area contributed by atoms with Gasteiger partial charge in [0.2, 0.25) is 0 Å². The van der Waals surface area contributed by atoms with Gasteiger partial charge in [-0.1, -0.05) is 41.9 Å². The SMILES string of the molecule is CC(NC(=O)c1c(NC(=O)OC(C)(C)C)nn2cccnc12)c1cc(Cl)c2cn(C)nc2c1-c1ccccc1. The molecular formula is C28H28ClN7O3. The van der Waals surface area contributed by atoms with Crippen molar-refractivity contribution in [3.63, 3.8) is 0 Å². The number of aromatic nitrogens is 5. The lowest BCUT2D eigenvalue weighted by Gasteiger charge is -2.20. The van der Waals surface area contributed by atoms with Gasteiger partial charge in [0.05, 0.1) is 11.1 Å². The van der Waals surface area contributed by atoms with Crippen LogP contribution in [-0.2, 0) is 11.8 Å². The Morgan fingerprint density at radius 1 is 1.10 bits per heavy atom. The van der Waals surface area contributed by atoms with Gasteiger partial charge in [-0.3, -0.25) is 14.8 Å². The number of rotatable bonds is 5. The molecule has 0 aliphatic heterocycles. The van der Waals surface area contributed by atoms with E-state index < -0.39 is 23.6 Å². The first-order valence-electron chi connectivity index (χ1n) is 12.4. The van der Waals surface area contributed by atoms with Crippen LogP contribution in [0.4, 0.5) is 10.6 Å². The van der Waals surface area contributed by atoms with E-state index in [1.807, 2.05) is 56.6 Å².